The normalized spacial score (nSPS) is 10.2. The standard InChI is InChI=1S/C14H12ClFN2O2/c1-20-13-5-3-9(17)7-12(13)18-14(19)8-2-4-11(16)10(15)6-8/h2-7H,17H2,1H3,(H,18,19). The van der Waals surface area contributed by atoms with E-state index in [-0.39, 0.29) is 10.6 Å². The number of nitrogens with two attached hydrogens (primary N) is 1. The van der Waals surface area contributed by atoms with Crippen LogP contribution < -0.4 is 15.8 Å². The highest BCUT2D eigenvalue weighted by molar-refractivity contribution is 6.31. The topological polar surface area (TPSA) is 64.3 Å². The van der Waals surface area contributed by atoms with Gasteiger partial charge in [0, 0.05) is 11.3 Å². The van der Waals surface area contributed by atoms with Crippen LogP contribution in [-0.4, -0.2) is 13.0 Å². The van der Waals surface area contributed by atoms with Crippen LogP contribution >= 0.6 is 11.6 Å². The molecule has 0 atom stereocenters. The molecule has 0 saturated carbocycles. The summed E-state index contributed by atoms with van der Waals surface area (Å²) in [6, 6.07) is 8.60. The van der Waals surface area contributed by atoms with Crippen molar-refractivity contribution in [3.8, 4) is 5.75 Å². The maximum Gasteiger partial charge on any atom is 0.255 e. The molecule has 4 nitrogen and oxygen atoms in total. The summed E-state index contributed by atoms with van der Waals surface area (Å²) < 4.78 is 18.2. The van der Waals surface area contributed by atoms with E-state index in [0.717, 1.165) is 6.07 Å². The molecular weight excluding hydrogens is 283 g/mol. The number of carbonyl (C=O) groups is 1. The Bertz CT molecular complexity index is 662. The SMILES string of the molecule is COc1ccc(N)cc1NC(=O)c1ccc(F)c(Cl)c1. The van der Waals surface area contributed by atoms with Gasteiger partial charge < -0.3 is 15.8 Å². The lowest BCUT2D eigenvalue weighted by atomic mass is 10.2. The number of hydrogen-bond donors (Lipinski definition) is 2. The fraction of sp³-hybridized carbons (Fsp3) is 0.0714. The van der Waals surface area contributed by atoms with Crippen molar-refractivity contribution in [1.82, 2.24) is 0 Å². The van der Waals surface area contributed by atoms with E-state index in [2.05, 4.69) is 5.32 Å². The highest BCUT2D eigenvalue weighted by Gasteiger charge is 2.12. The van der Waals surface area contributed by atoms with Gasteiger partial charge in [-0.25, -0.2) is 4.39 Å². The Morgan fingerprint density at radius 2 is 2.05 bits per heavy atom. The lowest BCUT2D eigenvalue weighted by Gasteiger charge is -2.11. The summed E-state index contributed by atoms with van der Waals surface area (Å²) in [5, 5.41) is 2.53. The van der Waals surface area contributed by atoms with E-state index < -0.39 is 11.7 Å². The Labute approximate surface area is 120 Å². The van der Waals surface area contributed by atoms with Gasteiger partial charge in [0.1, 0.15) is 11.6 Å². The van der Waals surface area contributed by atoms with Gasteiger partial charge >= 0.3 is 0 Å². The fourth-order valence-electron chi connectivity index (χ4n) is 1.66. The highest BCUT2D eigenvalue weighted by Crippen LogP contribution is 2.27. The number of benzene rings is 2. The predicted octanol–water partition coefficient (Wildman–Crippen LogP) is 3.32. The number of rotatable bonds is 3. The first-order valence-corrected chi connectivity index (χ1v) is 6.09. The van der Waals surface area contributed by atoms with Crippen molar-refractivity contribution < 1.29 is 13.9 Å². The number of methoxy groups -OCH3 is 1. The number of ether oxygens (including phenoxy) is 1. The Balaban J connectivity index is 2.27. The van der Waals surface area contributed by atoms with Gasteiger partial charge in [-0.05, 0) is 36.4 Å². The van der Waals surface area contributed by atoms with E-state index in [9.17, 15) is 9.18 Å². The van der Waals surface area contributed by atoms with Gasteiger partial charge in [0.05, 0.1) is 17.8 Å². The van der Waals surface area contributed by atoms with E-state index in [4.69, 9.17) is 22.1 Å². The van der Waals surface area contributed by atoms with E-state index in [0.29, 0.717) is 17.1 Å². The first-order chi connectivity index (χ1) is 9.51. The van der Waals surface area contributed by atoms with Gasteiger partial charge in [0.2, 0.25) is 0 Å². The molecule has 20 heavy (non-hydrogen) atoms. The van der Waals surface area contributed by atoms with Crippen LogP contribution in [0.5, 0.6) is 5.75 Å². The second kappa shape index (κ2) is 5.79. The molecule has 0 bridgehead atoms. The molecule has 0 aliphatic rings. The van der Waals surface area contributed by atoms with Crippen molar-refractivity contribution >= 4 is 28.9 Å². The van der Waals surface area contributed by atoms with Crippen LogP contribution in [0, 0.1) is 5.82 Å². The van der Waals surface area contributed by atoms with Crippen molar-refractivity contribution in [3.05, 3.63) is 52.8 Å². The number of amides is 1. The number of carbonyl (C=O) groups excluding carboxylic acids is 1. The van der Waals surface area contributed by atoms with Crippen molar-refractivity contribution in [1.29, 1.82) is 0 Å². The molecular formula is C14H12ClFN2O2. The summed E-state index contributed by atoms with van der Waals surface area (Å²) in [5.74, 6) is -0.540. The lowest BCUT2D eigenvalue weighted by Crippen LogP contribution is -2.13. The van der Waals surface area contributed by atoms with E-state index in [1.165, 1.54) is 19.2 Å². The second-order valence-corrected chi connectivity index (χ2v) is 4.45. The smallest absolute Gasteiger partial charge is 0.255 e. The molecule has 0 spiro atoms. The first-order valence-electron chi connectivity index (χ1n) is 5.71. The molecule has 0 aliphatic carbocycles. The largest absolute Gasteiger partial charge is 0.495 e. The summed E-state index contributed by atoms with van der Waals surface area (Å²) >= 11 is 5.64. The molecule has 2 aromatic rings. The summed E-state index contributed by atoms with van der Waals surface area (Å²) in [5.41, 5.74) is 6.81. The molecule has 6 heteroatoms. The predicted molar refractivity (Wildman–Crippen MR) is 76.8 cm³/mol. The van der Waals surface area contributed by atoms with Gasteiger partial charge in [-0.1, -0.05) is 11.6 Å². The van der Waals surface area contributed by atoms with Crippen LogP contribution in [0.3, 0.4) is 0 Å². The molecule has 0 heterocycles. The molecule has 104 valence electrons. The van der Waals surface area contributed by atoms with Crippen molar-refractivity contribution in [2.45, 2.75) is 0 Å². The molecule has 3 N–H and O–H groups in total. The Hall–Kier alpha value is -2.27. The summed E-state index contributed by atoms with van der Waals surface area (Å²) in [7, 11) is 1.48. The van der Waals surface area contributed by atoms with Crippen LogP contribution in [0.2, 0.25) is 5.02 Å². The minimum absolute atomic E-state index is 0.114. The van der Waals surface area contributed by atoms with Gasteiger partial charge in [0.25, 0.3) is 5.91 Å². The minimum Gasteiger partial charge on any atom is -0.495 e. The molecule has 2 aromatic carbocycles. The average Bonchev–Trinajstić information content (AvgIpc) is 2.42. The lowest BCUT2D eigenvalue weighted by molar-refractivity contribution is 0.102. The molecule has 1 amide bonds. The van der Waals surface area contributed by atoms with Crippen LogP contribution in [0.4, 0.5) is 15.8 Å². The average molecular weight is 295 g/mol. The highest BCUT2D eigenvalue weighted by atomic mass is 35.5. The summed E-state index contributed by atoms with van der Waals surface area (Å²) in [4.78, 5) is 12.1. The number of nitrogens with one attached hydrogen (secondary N) is 1. The van der Waals surface area contributed by atoms with Gasteiger partial charge in [-0.2, -0.15) is 0 Å². The third kappa shape index (κ3) is 3.00. The van der Waals surface area contributed by atoms with E-state index in [1.807, 2.05) is 0 Å². The number of halogens is 2. The first kappa shape index (κ1) is 14.1. The Kier molecular flexibility index (Phi) is 4.10. The number of anilines is 2. The quantitative estimate of drug-likeness (QED) is 0.854. The zero-order chi connectivity index (χ0) is 14.7. The fourth-order valence-corrected chi connectivity index (χ4v) is 1.84. The zero-order valence-electron chi connectivity index (χ0n) is 10.6. The van der Waals surface area contributed by atoms with Crippen molar-refractivity contribution in [2.75, 3.05) is 18.2 Å². The Morgan fingerprint density at radius 1 is 1.30 bits per heavy atom. The third-order valence-electron chi connectivity index (χ3n) is 2.65. The second-order valence-electron chi connectivity index (χ2n) is 4.04. The van der Waals surface area contributed by atoms with Gasteiger partial charge in [0.15, 0.2) is 0 Å². The van der Waals surface area contributed by atoms with Crippen LogP contribution in [0.1, 0.15) is 10.4 Å². The van der Waals surface area contributed by atoms with Crippen molar-refractivity contribution in [2.24, 2.45) is 0 Å². The molecule has 0 radical (unpaired) electrons. The van der Waals surface area contributed by atoms with E-state index >= 15 is 0 Å². The maximum atomic E-state index is 13.1. The molecule has 0 fully saturated rings. The van der Waals surface area contributed by atoms with Gasteiger partial charge in [-0.3, -0.25) is 4.79 Å². The number of nitrogen functional groups attached to an aromatic ring is 1. The molecule has 0 aliphatic heterocycles. The molecule has 0 unspecified atom stereocenters. The molecule has 0 aromatic heterocycles. The van der Waals surface area contributed by atoms with Gasteiger partial charge in [-0.15, -0.1) is 0 Å². The zero-order valence-corrected chi connectivity index (χ0v) is 11.4. The molecule has 0 saturated heterocycles. The van der Waals surface area contributed by atoms with Crippen molar-refractivity contribution in [3.63, 3.8) is 0 Å². The summed E-state index contributed by atoms with van der Waals surface area (Å²) in [6.45, 7) is 0. The molecule has 2 rings (SSSR count). The van der Waals surface area contributed by atoms with Crippen LogP contribution in [0.25, 0.3) is 0 Å². The monoisotopic (exact) mass is 294 g/mol. The van der Waals surface area contributed by atoms with E-state index in [1.54, 1.807) is 18.2 Å². The maximum absolute atomic E-state index is 13.1. The van der Waals surface area contributed by atoms with Crippen LogP contribution in [-0.2, 0) is 0 Å². The third-order valence-corrected chi connectivity index (χ3v) is 2.94. The summed E-state index contributed by atoms with van der Waals surface area (Å²) in [6.07, 6.45) is 0. The number of hydrogen-bond acceptors (Lipinski definition) is 3. The minimum atomic E-state index is -0.579. The Morgan fingerprint density at radius 3 is 2.70 bits per heavy atom. The van der Waals surface area contributed by atoms with Crippen LogP contribution in [0.15, 0.2) is 36.4 Å².